The van der Waals surface area contributed by atoms with Gasteiger partial charge in [0.1, 0.15) is 9.76 Å². The molecule has 0 aromatic heterocycles. The molecular weight excluding hydrogens is 236 g/mol. The fraction of sp³-hybridized carbons (Fsp3) is 0.667. The molecule has 0 bridgehead atoms. The maximum atomic E-state index is 11.5. The number of rotatable bonds is 5. The van der Waals surface area contributed by atoms with E-state index in [1.54, 1.807) is 12.1 Å². The second-order valence-corrected chi connectivity index (χ2v) is 9.17. The molecule has 0 radical (unpaired) electrons. The van der Waals surface area contributed by atoms with Gasteiger partial charge in [-0.1, -0.05) is 13.5 Å². The van der Waals surface area contributed by atoms with E-state index in [9.17, 15) is 8.42 Å². The van der Waals surface area contributed by atoms with E-state index in [2.05, 4.69) is 0 Å². The summed E-state index contributed by atoms with van der Waals surface area (Å²) in [5.41, 5.74) is 0. The summed E-state index contributed by atoms with van der Waals surface area (Å²) in [6.07, 6.45) is 0. The van der Waals surface area contributed by atoms with Crippen molar-refractivity contribution in [3.63, 3.8) is 0 Å². The average Bonchev–Trinajstić information content (AvgIpc) is 2.20. The Bertz CT molecular complexity index is 354. The van der Waals surface area contributed by atoms with Gasteiger partial charge in [0.2, 0.25) is 14.1 Å². The molecule has 0 aromatic rings. The molecule has 0 rings (SSSR count). The molecule has 0 fully saturated rings. The van der Waals surface area contributed by atoms with Crippen LogP contribution in [0.5, 0.6) is 0 Å². The van der Waals surface area contributed by atoms with E-state index in [1.165, 1.54) is 6.92 Å². The second kappa shape index (κ2) is 5.27. The lowest BCUT2D eigenvalue weighted by Crippen LogP contribution is -2.44. The largest absolute Gasteiger partial charge is 0.463 e. The quantitative estimate of drug-likeness (QED) is 0.546. The van der Waals surface area contributed by atoms with Crippen molar-refractivity contribution in [1.29, 1.82) is 10.5 Å². The first-order valence-corrected chi connectivity index (χ1v) is 9.05. The second-order valence-electron chi connectivity index (χ2n) is 2.59. The highest BCUT2D eigenvalue weighted by Crippen LogP contribution is 2.15. The Morgan fingerprint density at radius 1 is 1.43 bits per heavy atom. The van der Waals surface area contributed by atoms with E-state index in [1.807, 2.05) is 6.55 Å². The topological polar surface area (TPSA) is 91.0 Å². The lowest BCUT2D eigenvalue weighted by atomic mass is 10.5. The highest BCUT2D eigenvalue weighted by molar-refractivity contribution is 7.94. The van der Waals surface area contributed by atoms with Crippen molar-refractivity contribution in [3.8, 4) is 12.1 Å². The van der Waals surface area contributed by atoms with Crippen molar-refractivity contribution in [2.45, 2.75) is 17.8 Å². The van der Waals surface area contributed by atoms with E-state index < -0.39 is 33.7 Å². The van der Waals surface area contributed by atoms with Gasteiger partial charge in [-0.25, -0.2) is 8.42 Å². The molecule has 14 heavy (non-hydrogen) atoms. The Kier molecular flexibility index (Phi) is 5.01. The first-order valence-electron chi connectivity index (χ1n) is 4.12. The van der Waals surface area contributed by atoms with E-state index in [-0.39, 0.29) is 5.75 Å². The SMILES string of the molecule is CCS(=O)(=O)C(C#N)(C#N)[SiH2]O[SiH2]C. The Hall–Kier alpha value is -0.676. The van der Waals surface area contributed by atoms with Crippen molar-refractivity contribution in [3.05, 3.63) is 0 Å². The van der Waals surface area contributed by atoms with Crippen molar-refractivity contribution in [2.24, 2.45) is 0 Å². The Morgan fingerprint density at radius 2 is 1.93 bits per heavy atom. The van der Waals surface area contributed by atoms with Gasteiger partial charge in [-0.3, -0.25) is 0 Å². The minimum absolute atomic E-state index is 0.199. The molecule has 0 amide bonds. The maximum absolute atomic E-state index is 11.5. The van der Waals surface area contributed by atoms with Crippen LogP contribution in [0.25, 0.3) is 0 Å². The summed E-state index contributed by atoms with van der Waals surface area (Å²) in [6, 6.07) is 3.20. The molecule has 0 saturated carbocycles. The van der Waals surface area contributed by atoms with Crippen molar-refractivity contribution < 1.29 is 12.5 Å². The zero-order chi connectivity index (χ0) is 11.2. The van der Waals surface area contributed by atoms with Crippen molar-refractivity contribution in [2.75, 3.05) is 5.75 Å². The molecule has 0 aliphatic carbocycles. The lowest BCUT2D eigenvalue weighted by Gasteiger charge is -2.16. The van der Waals surface area contributed by atoms with Crippen LogP contribution < -0.4 is 0 Å². The number of nitriles is 2. The molecule has 0 aliphatic rings. The third-order valence-corrected chi connectivity index (χ3v) is 8.63. The standard InChI is InChI=1S/C6H12N2O3SSi2/c1-3-12(9,10)6(4-7,5-8)14-11-13-2/h3,13-14H2,1-2H3. The van der Waals surface area contributed by atoms with Crippen LogP contribution >= 0.6 is 0 Å². The molecule has 0 N–H and O–H groups in total. The summed E-state index contributed by atoms with van der Waals surface area (Å²) < 4.78 is 26.3. The number of sulfone groups is 1. The molecule has 0 unspecified atom stereocenters. The Labute approximate surface area is 88.5 Å². The molecular formula is C6H12N2O3SSi2. The van der Waals surface area contributed by atoms with Crippen LogP contribution in [0.3, 0.4) is 0 Å². The van der Waals surface area contributed by atoms with Crippen LogP contribution in [-0.4, -0.2) is 38.1 Å². The zero-order valence-corrected chi connectivity index (χ0v) is 11.8. The monoisotopic (exact) mass is 248 g/mol. The van der Waals surface area contributed by atoms with Gasteiger partial charge in [0, 0.05) is 5.75 Å². The van der Waals surface area contributed by atoms with Gasteiger partial charge < -0.3 is 4.12 Å². The van der Waals surface area contributed by atoms with Crippen LogP contribution in [-0.2, 0) is 14.0 Å². The number of hydrogen-bond acceptors (Lipinski definition) is 5. The molecule has 0 heterocycles. The van der Waals surface area contributed by atoms with Crippen molar-refractivity contribution in [1.82, 2.24) is 0 Å². The summed E-state index contributed by atoms with van der Waals surface area (Å²) in [6.45, 7) is 3.27. The third-order valence-electron chi connectivity index (χ3n) is 1.78. The van der Waals surface area contributed by atoms with Gasteiger partial charge in [0.15, 0.2) is 9.84 Å². The first-order chi connectivity index (χ1) is 6.49. The summed E-state index contributed by atoms with van der Waals surface area (Å²) in [7, 11) is -6.06. The average molecular weight is 248 g/mol. The Balaban J connectivity index is 5.14. The fourth-order valence-corrected chi connectivity index (χ4v) is 5.76. The minimum Gasteiger partial charge on any atom is -0.463 e. The van der Waals surface area contributed by atoms with E-state index in [0.717, 1.165) is 0 Å². The predicted octanol–water partition coefficient (Wildman–Crippen LogP) is -1.60. The van der Waals surface area contributed by atoms with Gasteiger partial charge in [-0.2, -0.15) is 10.5 Å². The summed E-state index contributed by atoms with van der Waals surface area (Å²) in [4.78, 5) is 0. The van der Waals surface area contributed by atoms with Gasteiger partial charge in [-0.05, 0) is 0 Å². The summed E-state index contributed by atoms with van der Waals surface area (Å²) >= 11 is 0. The molecule has 0 aliphatic heterocycles. The van der Waals surface area contributed by atoms with E-state index in [0.29, 0.717) is 0 Å². The van der Waals surface area contributed by atoms with E-state index >= 15 is 0 Å². The van der Waals surface area contributed by atoms with E-state index in [4.69, 9.17) is 14.6 Å². The third kappa shape index (κ3) is 2.42. The molecule has 0 aromatic carbocycles. The fourth-order valence-electron chi connectivity index (χ4n) is 0.811. The maximum Gasteiger partial charge on any atom is 0.249 e. The molecule has 8 heteroatoms. The van der Waals surface area contributed by atoms with Crippen LogP contribution in [0.4, 0.5) is 0 Å². The van der Waals surface area contributed by atoms with Crippen LogP contribution in [0, 0.1) is 22.7 Å². The summed E-state index contributed by atoms with van der Waals surface area (Å²) in [5, 5.41) is 17.6. The van der Waals surface area contributed by atoms with Gasteiger partial charge in [-0.15, -0.1) is 0 Å². The molecule has 0 atom stereocenters. The van der Waals surface area contributed by atoms with Gasteiger partial charge in [0.25, 0.3) is 0 Å². The van der Waals surface area contributed by atoms with Crippen molar-refractivity contribution >= 4 is 29.4 Å². The highest BCUT2D eigenvalue weighted by atomic mass is 32.2. The molecule has 78 valence electrons. The predicted molar refractivity (Wildman–Crippen MR) is 57.5 cm³/mol. The molecule has 0 spiro atoms. The molecule has 0 saturated heterocycles. The van der Waals surface area contributed by atoms with Crippen LogP contribution in [0.2, 0.25) is 6.55 Å². The Morgan fingerprint density at radius 3 is 2.21 bits per heavy atom. The van der Waals surface area contributed by atoms with Gasteiger partial charge >= 0.3 is 0 Å². The minimum atomic E-state index is -3.66. The highest BCUT2D eigenvalue weighted by Gasteiger charge is 2.44. The van der Waals surface area contributed by atoms with Crippen LogP contribution in [0.1, 0.15) is 6.92 Å². The van der Waals surface area contributed by atoms with Gasteiger partial charge in [0.05, 0.1) is 12.1 Å². The van der Waals surface area contributed by atoms with Crippen LogP contribution in [0.15, 0.2) is 0 Å². The normalized spacial score (nSPS) is 13.4. The first kappa shape index (κ1) is 13.3. The lowest BCUT2D eigenvalue weighted by molar-refractivity contribution is 0.583. The number of hydrogen-bond donors (Lipinski definition) is 0. The zero-order valence-electron chi connectivity index (χ0n) is 8.15. The smallest absolute Gasteiger partial charge is 0.249 e. The number of nitrogens with zero attached hydrogens (tertiary/aromatic N) is 2. The molecule has 5 nitrogen and oxygen atoms in total. The summed E-state index contributed by atoms with van der Waals surface area (Å²) in [5.74, 6) is -0.199.